The van der Waals surface area contributed by atoms with Gasteiger partial charge in [0.05, 0.1) is 10.8 Å². The zero-order chi connectivity index (χ0) is 26.2. The minimum Gasteiger partial charge on any atom is -0.452 e. The van der Waals surface area contributed by atoms with Gasteiger partial charge in [-0.25, -0.2) is 0 Å². The Morgan fingerprint density at radius 2 is 0.875 bits per heavy atom. The maximum atomic E-state index is 6.30. The van der Waals surface area contributed by atoms with Crippen LogP contribution in [0.25, 0.3) is 87.7 Å². The molecule has 0 fully saturated rings. The summed E-state index contributed by atoms with van der Waals surface area (Å²) >= 11 is 0. The van der Waals surface area contributed by atoms with Crippen molar-refractivity contribution < 1.29 is 8.83 Å². The molecule has 0 aliphatic heterocycles. The number of furan rings is 2. The standard InChI is InChI=1S/C38H22O2/c1-2-12-25-23(10-1)11-9-18-26(25)36-29-15-5-3-13-27(29)35(28-14-4-6-16-30(28)36)24-20-21-34-32(22-24)38-37(40-34)31-17-7-8-19-33(31)39-38/h1-22H. The largest absolute Gasteiger partial charge is 0.452 e. The van der Waals surface area contributed by atoms with E-state index in [1.54, 1.807) is 0 Å². The SMILES string of the molecule is c1ccc2c(-c3c4ccccc4c(-c4ccc5oc6c7ccccc7oc6c5c4)c4ccccc34)cccc2c1. The Morgan fingerprint density at radius 3 is 1.60 bits per heavy atom. The molecule has 0 N–H and O–H groups in total. The van der Waals surface area contributed by atoms with Crippen LogP contribution in [0.3, 0.4) is 0 Å². The molecule has 0 radical (unpaired) electrons. The highest BCUT2D eigenvalue weighted by atomic mass is 16.4. The van der Waals surface area contributed by atoms with E-state index in [9.17, 15) is 0 Å². The molecule has 2 heterocycles. The lowest BCUT2D eigenvalue weighted by atomic mass is 9.84. The molecular formula is C38H22O2. The summed E-state index contributed by atoms with van der Waals surface area (Å²) < 4.78 is 12.6. The van der Waals surface area contributed by atoms with E-state index in [1.165, 1.54) is 49.0 Å². The maximum absolute atomic E-state index is 6.30. The van der Waals surface area contributed by atoms with Gasteiger partial charge in [-0.2, -0.15) is 0 Å². The normalized spacial score (nSPS) is 12.0. The Labute approximate surface area is 229 Å². The first kappa shape index (κ1) is 21.6. The highest BCUT2D eigenvalue weighted by Gasteiger charge is 2.20. The van der Waals surface area contributed by atoms with Crippen LogP contribution in [0, 0.1) is 0 Å². The molecule has 0 aliphatic carbocycles. The molecule has 2 aromatic heterocycles. The molecule has 0 aliphatic rings. The highest BCUT2D eigenvalue weighted by molar-refractivity contribution is 6.24. The monoisotopic (exact) mass is 510 g/mol. The lowest BCUT2D eigenvalue weighted by Crippen LogP contribution is -1.91. The van der Waals surface area contributed by atoms with Crippen molar-refractivity contribution in [2.45, 2.75) is 0 Å². The van der Waals surface area contributed by atoms with Crippen LogP contribution in [0.15, 0.2) is 142 Å². The van der Waals surface area contributed by atoms with Crippen molar-refractivity contribution in [2.75, 3.05) is 0 Å². The molecular weight excluding hydrogens is 488 g/mol. The summed E-state index contributed by atoms with van der Waals surface area (Å²) in [5.41, 5.74) is 8.20. The second-order valence-corrected chi connectivity index (χ2v) is 10.4. The Balaban J connectivity index is 1.40. The van der Waals surface area contributed by atoms with Crippen molar-refractivity contribution in [3.8, 4) is 22.3 Å². The van der Waals surface area contributed by atoms with Crippen LogP contribution < -0.4 is 0 Å². The van der Waals surface area contributed by atoms with Gasteiger partial charge in [-0.15, -0.1) is 0 Å². The highest BCUT2D eigenvalue weighted by Crippen LogP contribution is 2.46. The molecule has 9 rings (SSSR count). The fourth-order valence-electron chi connectivity index (χ4n) is 6.54. The molecule has 2 heteroatoms. The number of hydrogen-bond acceptors (Lipinski definition) is 2. The minimum absolute atomic E-state index is 0.805. The number of rotatable bonds is 2. The van der Waals surface area contributed by atoms with Crippen LogP contribution in [-0.2, 0) is 0 Å². The van der Waals surface area contributed by atoms with Crippen LogP contribution in [-0.4, -0.2) is 0 Å². The molecule has 0 bridgehead atoms. The topological polar surface area (TPSA) is 26.3 Å². The van der Waals surface area contributed by atoms with Crippen LogP contribution in [0.5, 0.6) is 0 Å². The van der Waals surface area contributed by atoms with E-state index < -0.39 is 0 Å². The molecule has 40 heavy (non-hydrogen) atoms. The van der Waals surface area contributed by atoms with Crippen molar-refractivity contribution >= 4 is 65.4 Å². The van der Waals surface area contributed by atoms with Crippen molar-refractivity contribution in [3.05, 3.63) is 133 Å². The zero-order valence-electron chi connectivity index (χ0n) is 21.5. The van der Waals surface area contributed by atoms with Gasteiger partial charge < -0.3 is 8.83 Å². The minimum atomic E-state index is 0.805. The summed E-state index contributed by atoms with van der Waals surface area (Å²) in [6.07, 6.45) is 0. The quantitative estimate of drug-likeness (QED) is 0.216. The van der Waals surface area contributed by atoms with E-state index in [0.717, 1.165) is 38.7 Å². The van der Waals surface area contributed by atoms with E-state index in [-0.39, 0.29) is 0 Å². The number of fused-ring (bicyclic) bond motifs is 8. The lowest BCUT2D eigenvalue weighted by Gasteiger charge is -2.18. The van der Waals surface area contributed by atoms with Gasteiger partial charge in [0.2, 0.25) is 0 Å². The summed E-state index contributed by atoms with van der Waals surface area (Å²) in [6.45, 7) is 0. The van der Waals surface area contributed by atoms with Crippen LogP contribution >= 0.6 is 0 Å². The van der Waals surface area contributed by atoms with E-state index in [1.807, 2.05) is 18.2 Å². The maximum Gasteiger partial charge on any atom is 0.181 e. The molecule has 0 amide bonds. The summed E-state index contributed by atoms with van der Waals surface area (Å²) in [4.78, 5) is 0. The average molecular weight is 511 g/mol. The second kappa shape index (κ2) is 8.08. The molecule has 186 valence electrons. The molecule has 0 unspecified atom stereocenters. The molecule has 0 saturated carbocycles. The summed E-state index contributed by atoms with van der Waals surface area (Å²) in [7, 11) is 0. The fraction of sp³-hybridized carbons (Fsp3) is 0. The third-order valence-electron chi connectivity index (χ3n) is 8.27. The Morgan fingerprint density at radius 1 is 0.350 bits per heavy atom. The predicted octanol–water partition coefficient (Wildman–Crippen LogP) is 11.1. The fourth-order valence-corrected chi connectivity index (χ4v) is 6.54. The van der Waals surface area contributed by atoms with Gasteiger partial charge in [-0.05, 0) is 78.8 Å². The summed E-state index contributed by atoms with van der Waals surface area (Å²) in [5, 5.41) is 9.46. The van der Waals surface area contributed by atoms with E-state index in [0.29, 0.717) is 0 Å². The molecule has 9 aromatic rings. The molecule has 7 aromatic carbocycles. The zero-order valence-corrected chi connectivity index (χ0v) is 21.5. The van der Waals surface area contributed by atoms with Crippen molar-refractivity contribution in [3.63, 3.8) is 0 Å². The van der Waals surface area contributed by atoms with Gasteiger partial charge in [0.15, 0.2) is 11.2 Å². The Hall–Kier alpha value is -5.34. The predicted molar refractivity (Wildman–Crippen MR) is 167 cm³/mol. The summed E-state index contributed by atoms with van der Waals surface area (Å²) in [5.74, 6) is 0. The van der Waals surface area contributed by atoms with Crippen LogP contribution in [0.2, 0.25) is 0 Å². The molecule has 0 spiro atoms. The third kappa shape index (κ3) is 2.93. The van der Waals surface area contributed by atoms with Gasteiger partial charge in [0.25, 0.3) is 0 Å². The summed E-state index contributed by atoms with van der Waals surface area (Å²) in [6, 6.07) is 47.4. The first-order chi connectivity index (χ1) is 19.8. The first-order valence-corrected chi connectivity index (χ1v) is 13.6. The van der Waals surface area contributed by atoms with E-state index in [4.69, 9.17) is 8.83 Å². The van der Waals surface area contributed by atoms with Crippen molar-refractivity contribution in [1.82, 2.24) is 0 Å². The Bertz CT molecular complexity index is 2370. The van der Waals surface area contributed by atoms with Gasteiger partial charge in [-0.1, -0.05) is 109 Å². The number of benzene rings is 7. The number of hydrogen-bond donors (Lipinski definition) is 0. The third-order valence-corrected chi connectivity index (χ3v) is 8.27. The average Bonchev–Trinajstić information content (AvgIpc) is 3.55. The van der Waals surface area contributed by atoms with Crippen molar-refractivity contribution in [1.29, 1.82) is 0 Å². The first-order valence-electron chi connectivity index (χ1n) is 13.6. The second-order valence-electron chi connectivity index (χ2n) is 10.4. The number of para-hydroxylation sites is 1. The van der Waals surface area contributed by atoms with Gasteiger partial charge >= 0.3 is 0 Å². The van der Waals surface area contributed by atoms with Crippen LogP contribution in [0.1, 0.15) is 0 Å². The smallest absolute Gasteiger partial charge is 0.181 e. The van der Waals surface area contributed by atoms with Gasteiger partial charge in [0.1, 0.15) is 11.2 Å². The van der Waals surface area contributed by atoms with E-state index in [2.05, 4.69) is 115 Å². The van der Waals surface area contributed by atoms with Gasteiger partial charge in [0, 0.05) is 0 Å². The van der Waals surface area contributed by atoms with E-state index >= 15 is 0 Å². The van der Waals surface area contributed by atoms with Crippen LogP contribution in [0.4, 0.5) is 0 Å². The molecule has 2 nitrogen and oxygen atoms in total. The van der Waals surface area contributed by atoms with Gasteiger partial charge in [-0.3, -0.25) is 0 Å². The Kier molecular flexibility index (Phi) is 4.36. The molecule has 0 saturated heterocycles. The van der Waals surface area contributed by atoms with Crippen molar-refractivity contribution in [2.24, 2.45) is 0 Å². The molecule has 0 atom stereocenters. The lowest BCUT2D eigenvalue weighted by molar-refractivity contribution is 0.653.